The molecule has 0 saturated carbocycles. The number of rotatable bonds is 6. The minimum atomic E-state index is -0.208. The minimum Gasteiger partial charge on any atom is -0.338 e. The largest absolute Gasteiger partial charge is 0.350 e. The number of nitrogens with zero attached hydrogens (tertiary/aromatic N) is 3. The normalized spacial score (nSPS) is 11.3. The van der Waals surface area contributed by atoms with E-state index in [0.29, 0.717) is 6.54 Å². The molecule has 1 N–H and O–H groups in total. The fourth-order valence-electron chi connectivity index (χ4n) is 1.89. The van der Waals surface area contributed by atoms with E-state index in [1.165, 1.54) is 11.8 Å². The molecule has 0 fully saturated rings. The third-order valence-corrected chi connectivity index (χ3v) is 4.28. The Morgan fingerprint density at radius 2 is 2.11 bits per heavy atom. The van der Waals surface area contributed by atoms with Gasteiger partial charge in [0, 0.05) is 6.54 Å². The molecule has 5 nitrogen and oxygen atoms in total. The molecule has 0 amide bonds. The van der Waals surface area contributed by atoms with Gasteiger partial charge in [0.2, 0.25) is 0 Å². The quantitative estimate of drug-likeness (QED) is 0.656. The molecule has 0 bridgehead atoms. The van der Waals surface area contributed by atoms with Gasteiger partial charge in [-0.3, -0.25) is 4.57 Å². The summed E-state index contributed by atoms with van der Waals surface area (Å²) in [6, 6.07) is 0. The fraction of sp³-hybridized carbons (Fsp3) is 0.583. The molecule has 0 saturated heterocycles. The third kappa shape index (κ3) is 2.97. The summed E-state index contributed by atoms with van der Waals surface area (Å²) in [6.07, 6.45) is 2.81. The predicted octanol–water partition coefficient (Wildman–Crippen LogP) is 2.50. The van der Waals surface area contributed by atoms with Gasteiger partial charge in [-0.1, -0.05) is 13.8 Å². The number of hydrogen-bond donors (Lipinski definition) is 1. The summed E-state index contributed by atoms with van der Waals surface area (Å²) in [5, 5.41) is 0.729. The first-order valence-electron chi connectivity index (χ1n) is 6.32. The topological polar surface area (TPSA) is 63.6 Å². The number of aryl methyl sites for hydroxylation is 1. The highest BCUT2D eigenvalue weighted by atomic mass is 32.2. The highest BCUT2D eigenvalue weighted by Crippen LogP contribution is 2.22. The molecule has 2 rings (SSSR count). The van der Waals surface area contributed by atoms with Crippen LogP contribution in [0.2, 0.25) is 0 Å². The SMILES string of the molecule is CCCn1c(=O)nc(SC)c2[nH]c(CSCC)nc21. The Labute approximate surface area is 120 Å². The van der Waals surface area contributed by atoms with Crippen LogP contribution in [0.15, 0.2) is 9.82 Å². The number of H-pyrrole nitrogens is 1. The first-order chi connectivity index (χ1) is 9.21. The molecule has 19 heavy (non-hydrogen) atoms. The molecular formula is C12H18N4OS2. The summed E-state index contributed by atoms with van der Waals surface area (Å²) in [6.45, 7) is 4.82. The van der Waals surface area contributed by atoms with E-state index in [2.05, 4.69) is 21.9 Å². The van der Waals surface area contributed by atoms with Gasteiger partial charge in [0.25, 0.3) is 0 Å². The van der Waals surface area contributed by atoms with Crippen LogP contribution in [0.4, 0.5) is 0 Å². The zero-order valence-electron chi connectivity index (χ0n) is 11.4. The predicted molar refractivity (Wildman–Crippen MR) is 82.1 cm³/mol. The molecule has 0 spiro atoms. The molecule has 2 heterocycles. The van der Waals surface area contributed by atoms with Crippen LogP contribution in [-0.2, 0) is 12.3 Å². The van der Waals surface area contributed by atoms with Gasteiger partial charge in [0.1, 0.15) is 16.4 Å². The number of hydrogen-bond acceptors (Lipinski definition) is 5. The lowest BCUT2D eigenvalue weighted by Crippen LogP contribution is -2.24. The molecule has 0 aliphatic carbocycles. The Morgan fingerprint density at radius 3 is 2.74 bits per heavy atom. The Kier molecular flexibility index (Phi) is 4.93. The lowest BCUT2D eigenvalue weighted by Gasteiger charge is -2.05. The van der Waals surface area contributed by atoms with Crippen molar-refractivity contribution < 1.29 is 0 Å². The van der Waals surface area contributed by atoms with Crippen molar-refractivity contribution in [1.29, 1.82) is 0 Å². The highest BCUT2D eigenvalue weighted by molar-refractivity contribution is 7.98. The van der Waals surface area contributed by atoms with E-state index in [9.17, 15) is 4.79 Å². The van der Waals surface area contributed by atoms with Gasteiger partial charge in [-0.05, 0) is 18.4 Å². The van der Waals surface area contributed by atoms with E-state index in [4.69, 9.17) is 0 Å². The fourth-order valence-corrected chi connectivity index (χ4v) is 2.94. The first-order valence-corrected chi connectivity index (χ1v) is 8.70. The minimum absolute atomic E-state index is 0.208. The van der Waals surface area contributed by atoms with Gasteiger partial charge in [-0.2, -0.15) is 16.7 Å². The van der Waals surface area contributed by atoms with Gasteiger partial charge in [-0.25, -0.2) is 9.78 Å². The van der Waals surface area contributed by atoms with Crippen LogP contribution in [0, 0.1) is 0 Å². The van der Waals surface area contributed by atoms with Crippen LogP contribution in [0.3, 0.4) is 0 Å². The van der Waals surface area contributed by atoms with Gasteiger partial charge in [0.15, 0.2) is 5.65 Å². The number of aromatic amines is 1. The van der Waals surface area contributed by atoms with E-state index in [1.54, 1.807) is 16.3 Å². The van der Waals surface area contributed by atoms with E-state index in [0.717, 1.165) is 39.9 Å². The molecule has 7 heteroatoms. The average Bonchev–Trinajstić information content (AvgIpc) is 2.83. The second kappa shape index (κ2) is 6.47. The molecule has 0 radical (unpaired) electrons. The van der Waals surface area contributed by atoms with Crippen LogP contribution in [-0.4, -0.2) is 31.5 Å². The van der Waals surface area contributed by atoms with Crippen LogP contribution in [0.1, 0.15) is 26.1 Å². The van der Waals surface area contributed by atoms with Crippen molar-refractivity contribution >= 4 is 34.7 Å². The molecule has 2 aromatic rings. The first kappa shape index (κ1) is 14.5. The van der Waals surface area contributed by atoms with Crippen LogP contribution in [0.25, 0.3) is 11.2 Å². The Hall–Kier alpha value is -0.950. The molecule has 0 aromatic carbocycles. The van der Waals surface area contributed by atoms with E-state index in [1.807, 2.05) is 13.2 Å². The number of imidazole rings is 1. The zero-order valence-corrected chi connectivity index (χ0v) is 13.0. The van der Waals surface area contributed by atoms with Crippen molar-refractivity contribution in [2.75, 3.05) is 12.0 Å². The molecule has 0 unspecified atom stereocenters. The third-order valence-electron chi connectivity index (χ3n) is 2.71. The van der Waals surface area contributed by atoms with E-state index < -0.39 is 0 Å². The van der Waals surface area contributed by atoms with Gasteiger partial charge < -0.3 is 4.98 Å². The smallest absolute Gasteiger partial charge is 0.338 e. The second-order valence-corrected chi connectivity index (χ2v) is 6.14. The number of aromatic nitrogens is 4. The molecule has 104 valence electrons. The molecule has 0 aliphatic heterocycles. The zero-order chi connectivity index (χ0) is 13.8. The second-order valence-electron chi connectivity index (χ2n) is 4.07. The summed E-state index contributed by atoms with van der Waals surface area (Å²) in [5.74, 6) is 2.79. The highest BCUT2D eigenvalue weighted by Gasteiger charge is 2.14. The summed E-state index contributed by atoms with van der Waals surface area (Å²) in [7, 11) is 0. The molecular weight excluding hydrogens is 280 g/mol. The maximum Gasteiger partial charge on any atom is 0.350 e. The van der Waals surface area contributed by atoms with Crippen molar-refractivity contribution in [2.45, 2.75) is 37.6 Å². The van der Waals surface area contributed by atoms with Gasteiger partial charge >= 0.3 is 5.69 Å². The van der Waals surface area contributed by atoms with Crippen molar-refractivity contribution in [2.24, 2.45) is 0 Å². The Bertz CT molecular complexity index is 620. The monoisotopic (exact) mass is 298 g/mol. The summed E-state index contributed by atoms with van der Waals surface area (Å²) >= 11 is 3.28. The van der Waals surface area contributed by atoms with E-state index in [-0.39, 0.29) is 5.69 Å². The van der Waals surface area contributed by atoms with Crippen molar-refractivity contribution in [3.05, 3.63) is 16.3 Å². The lowest BCUT2D eigenvalue weighted by atomic mass is 10.4. The van der Waals surface area contributed by atoms with E-state index >= 15 is 0 Å². The average molecular weight is 298 g/mol. The standard InChI is InChI=1S/C12H18N4OS2/c1-4-6-16-10-9(11(18-3)15-12(16)17)13-8(14-10)7-19-5-2/h4-7H2,1-3H3,(H,13,14). The summed E-state index contributed by atoms with van der Waals surface area (Å²) in [5.41, 5.74) is 1.41. The molecule has 0 atom stereocenters. The van der Waals surface area contributed by atoms with Crippen LogP contribution >= 0.6 is 23.5 Å². The van der Waals surface area contributed by atoms with Crippen molar-refractivity contribution in [3.63, 3.8) is 0 Å². The lowest BCUT2D eigenvalue weighted by molar-refractivity contribution is 0.648. The van der Waals surface area contributed by atoms with Gasteiger partial charge in [-0.15, -0.1) is 11.8 Å². The maximum atomic E-state index is 12.0. The Morgan fingerprint density at radius 1 is 1.32 bits per heavy atom. The number of thioether (sulfide) groups is 2. The maximum absolute atomic E-state index is 12.0. The molecule has 0 aliphatic rings. The van der Waals surface area contributed by atoms with Crippen LogP contribution < -0.4 is 5.69 Å². The number of nitrogens with one attached hydrogen (secondary N) is 1. The summed E-state index contributed by atoms with van der Waals surface area (Å²) in [4.78, 5) is 24.0. The van der Waals surface area contributed by atoms with Crippen molar-refractivity contribution in [1.82, 2.24) is 19.5 Å². The van der Waals surface area contributed by atoms with Crippen LogP contribution in [0.5, 0.6) is 0 Å². The van der Waals surface area contributed by atoms with Crippen molar-refractivity contribution in [3.8, 4) is 0 Å². The number of fused-ring (bicyclic) bond motifs is 1. The summed E-state index contributed by atoms with van der Waals surface area (Å²) < 4.78 is 1.66. The molecule has 2 aromatic heterocycles. The van der Waals surface area contributed by atoms with Gasteiger partial charge in [0.05, 0.1) is 5.75 Å². The Balaban J connectivity index is 2.57.